The van der Waals surface area contributed by atoms with Crippen LogP contribution in [0.5, 0.6) is 0 Å². The van der Waals surface area contributed by atoms with Crippen molar-refractivity contribution in [2.75, 3.05) is 13.7 Å². The zero-order valence-corrected chi connectivity index (χ0v) is 14.2. The highest BCUT2D eigenvalue weighted by Gasteiger charge is 2.23. The maximum Gasteiger partial charge on any atom is 0.296 e. The first-order chi connectivity index (χ1) is 9.43. The van der Waals surface area contributed by atoms with Crippen LogP contribution in [-0.2, 0) is 20.3 Å². The van der Waals surface area contributed by atoms with Gasteiger partial charge in [0.05, 0.1) is 13.2 Å². The quantitative estimate of drug-likeness (QED) is 0.540. The molecular weight excluding hydrogens is 417 g/mol. The molecule has 1 aromatic carbocycles. The standard InChI is InChI=1S/C11H11ClIN3O3S/c1-19-7-6-16-10(8-2-4-9(13)5-3-8)14-15-11(16)20(12,17)18/h2-5H,6-7H2,1H3. The number of nitrogens with zero attached hydrogens (tertiary/aromatic N) is 3. The summed E-state index contributed by atoms with van der Waals surface area (Å²) in [5.41, 5.74) is 0.764. The van der Waals surface area contributed by atoms with E-state index in [1.54, 1.807) is 0 Å². The van der Waals surface area contributed by atoms with Gasteiger partial charge in [0.2, 0.25) is 0 Å². The average Bonchev–Trinajstić information content (AvgIpc) is 2.81. The van der Waals surface area contributed by atoms with Crippen molar-refractivity contribution in [3.05, 3.63) is 27.8 Å². The first kappa shape index (κ1) is 15.7. The highest BCUT2D eigenvalue weighted by Crippen LogP contribution is 2.23. The second kappa shape index (κ2) is 6.37. The van der Waals surface area contributed by atoms with Crippen molar-refractivity contribution >= 4 is 42.3 Å². The normalized spacial score (nSPS) is 11.8. The molecule has 0 bridgehead atoms. The van der Waals surface area contributed by atoms with Gasteiger partial charge in [0, 0.05) is 26.9 Å². The Balaban J connectivity index is 2.53. The van der Waals surface area contributed by atoms with E-state index in [1.807, 2.05) is 24.3 Å². The summed E-state index contributed by atoms with van der Waals surface area (Å²) in [6, 6.07) is 7.50. The fraction of sp³-hybridized carbons (Fsp3) is 0.273. The van der Waals surface area contributed by atoms with Crippen molar-refractivity contribution in [1.29, 1.82) is 0 Å². The van der Waals surface area contributed by atoms with Gasteiger partial charge in [-0.25, -0.2) is 8.42 Å². The lowest BCUT2D eigenvalue weighted by Gasteiger charge is -2.08. The number of halogens is 2. The molecule has 2 aromatic rings. The SMILES string of the molecule is COCCn1c(-c2ccc(I)cc2)nnc1S(=O)(=O)Cl. The van der Waals surface area contributed by atoms with Crippen LogP contribution in [0.1, 0.15) is 0 Å². The molecule has 0 amide bonds. The Hall–Kier alpha value is -0.710. The van der Waals surface area contributed by atoms with E-state index in [1.165, 1.54) is 11.7 Å². The number of ether oxygens (including phenoxy) is 1. The molecule has 0 saturated carbocycles. The van der Waals surface area contributed by atoms with Gasteiger partial charge in [-0.15, -0.1) is 10.2 Å². The molecule has 0 saturated heterocycles. The van der Waals surface area contributed by atoms with E-state index in [0.29, 0.717) is 19.0 Å². The lowest BCUT2D eigenvalue weighted by atomic mass is 10.2. The Labute approximate surface area is 134 Å². The zero-order chi connectivity index (χ0) is 14.8. The van der Waals surface area contributed by atoms with Gasteiger partial charge in [-0.05, 0) is 34.7 Å². The molecule has 108 valence electrons. The number of hydrogen-bond acceptors (Lipinski definition) is 5. The van der Waals surface area contributed by atoms with Crippen molar-refractivity contribution in [1.82, 2.24) is 14.8 Å². The van der Waals surface area contributed by atoms with Gasteiger partial charge < -0.3 is 4.74 Å². The summed E-state index contributed by atoms with van der Waals surface area (Å²) in [6.45, 7) is 0.626. The lowest BCUT2D eigenvalue weighted by molar-refractivity contribution is 0.185. The molecule has 20 heavy (non-hydrogen) atoms. The zero-order valence-electron chi connectivity index (χ0n) is 10.5. The van der Waals surface area contributed by atoms with E-state index in [0.717, 1.165) is 9.13 Å². The smallest absolute Gasteiger partial charge is 0.296 e. The summed E-state index contributed by atoms with van der Waals surface area (Å²) in [7, 11) is 2.95. The number of aromatic nitrogens is 3. The third kappa shape index (κ3) is 3.48. The fourth-order valence-electron chi connectivity index (χ4n) is 1.67. The minimum Gasteiger partial charge on any atom is -0.383 e. The lowest BCUT2D eigenvalue weighted by Crippen LogP contribution is -2.11. The molecule has 0 aliphatic carbocycles. The Morgan fingerprint density at radius 3 is 2.50 bits per heavy atom. The number of benzene rings is 1. The number of hydrogen-bond donors (Lipinski definition) is 0. The van der Waals surface area contributed by atoms with Crippen molar-refractivity contribution < 1.29 is 13.2 Å². The Morgan fingerprint density at radius 1 is 1.30 bits per heavy atom. The van der Waals surface area contributed by atoms with Crippen molar-refractivity contribution in [2.24, 2.45) is 0 Å². The monoisotopic (exact) mass is 427 g/mol. The molecule has 0 radical (unpaired) electrons. The van der Waals surface area contributed by atoms with Gasteiger partial charge in [-0.3, -0.25) is 4.57 Å². The average molecular weight is 428 g/mol. The van der Waals surface area contributed by atoms with Crippen LogP contribution in [0.3, 0.4) is 0 Å². The van der Waals surface area contributed by atoms with Crippen LogP contribution in [-0.4, -0.2) is 36.9 Å². The van der Waals surface area contributed by atoms with Crippen molar-refractivity contribution in [3.8, 4) is 11.4 Å². The summed E-state index contributed by atoms with van der Waals surface area (Å²) in [6.07, 6.45) is 0. The van der Waals surface area contributed by atoms with E-state index in [4.69, 9.17) is 15.4 Å². The van der Waals surface area contributed by atoms with Gasteiger partial charge in [-0.1, -0.05) is 12.1 Å². The molecule has 0 atom stereocenters. The predicted octanol–water partition coefficient (Wildman–Crippen LogP) is 2.12. The van der Waals surface area contributed by atoms with Crippen molar-refractivity contribution in [2.45, 2.75) is 11.7 Å². The first-order valence-electron chi connectivity index (χ1n) is 5.56. The third-order valence-electron chi connectivity index (χ3n) is 2.56. The van der Waals surface area contributed by atoms with Crippen LogP contribution in [0, 0.1) is 3.57 Å². The Morgan fingerprint density at radius 2 is 1.95 bits per heavy atom. The summed E-state index contributed by atoms with van der Waals surface area (Å²) in [4.78, 5) is 0. The number of methoxy groups -OCH3 is 1. The highest BCUT2D eigenvalue weighted by molar-refractivity contribution is 14.1. The molecule has 0 spiro atoms. The Bertz CT molecular complexity index is 700. The van der Waals surface area contributed by atoms with Crippen LogP contribution < -0.4 is 0 Å². The summed E-state index contributed by atoms with van der Waals surface area (Å²) in [5.74, 6) is 0.442. The molecule has 1 heterocycles. The largest absolute Gasteiger partial charge is 0.383 e. The highest BCUT2D eigenvalue weighted by atomic mass is 127. The van der Waals surface area contributed by atoms with E-state index >= 15 is 0 Å². The van der Waals surface area contributed by atoms with Crippen LogP contribution in [0.25, 0.3) is 11.4 Å². The maximum atomic E-state index is 11.5. The first-order valence-corrected chi connectivity index (χ1v) is 8.95. The molecule has 9 heteroatoms. The molecule has 0 aliphatic heterocycles. The van der Waals surface area contributed by atoms with Crippen LogP contribution in [0.2, 0.25) is 0 Å². The molecule has 0 N–H and O–H groups in total. The minimum atomic E-state index is -3.95. The summed E-state index contributed by atoms with van der Waals surface area (Å²) < 4.78 is 30.5. The Kier molecular flexibility index (Phi) is 4.99. The van der Waals surface area contributed by atoms with Gasteiger partial charge >= 0.3 is 0 Å². The van der Waals surface area contributed by atoms with Crippen LogP contribution >= 0.6 is 33.3 Å². The predicted molar refractivity (Wildman–Crippen MR) is 83.1 cm³/mol. The third-order valence-corrected chi connectivity index (χ3v) is 4.43. The molecule has 0 aliphatic rings. The topological polar surface area (TPSA) is 74.1 Å². The van der Waals surface area contributed by atoms with Gasteiger partial charge in [0.1, 0.15) is 0 Å². The minimum absolute atomic E-state index is 0.273. The molecule has 0 fully saturated rings. The second-order valence-corrected chi connectivity index (χ2v) is 7.60. The van der Waals surface area contributed by atoms with Crippen LogP contribution in [0.4, 0.5) is 0 Å². The van der Waals surface area contributed by atoms with Crippen LogP contribution in [0.15, 0.2) is 29.4 Å². The van der Waals surface area contributed by atoms with E-state index in [9.17, 15) is 8.42 Å². The second-order valence-electron chi connectivity index (χ2n) is 3.90. The molecule has 6 nitrogen and oxygen atoms in total. The summed E-state index contributed by atoms with van der Waals surface area (Å²) >= 11 is 2.19. The molecule has 1 aromatic heterocycles. The molecule has 2 rings (SSSR count). The van der Waals surface area contributed by atoms with Gasteiger partial charge in [0.15, 0.2) is 5.82 Å². The van der Waals surface area contributed by atoms with E-state index < -0.39 is 9.05 Å². The van der Waals surface area contributed by atoms with Gasteiger partial charge in [-0.2, -0.15) is 0 Å². The molecule has 0 unspecified atom stereocenters. The molecular formula is C11H11ClIN3O3S. The van der Waals surface area contributed by atoms with Crippen molar-refractivity contribution in [3.63, 3.8) is 0 Å². The van der Waals surface area contributed by atoms with Gasteiger partial charge in [0.25, 0.3) is 14.2 Å². The number of rotatable bonds is 5. The fourth-order valence-corrected chi connectivity index (χ4v) is 2.95. The van der Waals surface area contributed by atoms with E-state index in [2.05, 4.69) is 32.8 Å². The maximum absolute atomic E-state index is 11.5. The van der Waals surface area contributed by atoms with E-state index in [-0.39, 0.29) is 5.16 Å². The summed E-state index contributed by atoms with van der Waals surface area (Å²) in [5, 5.41) is 7.33.